The molecule has 144 valence electrons. The number of benzene rings is 2. The van der Waals surface area contributed by atoms with Crippen LogP contribution in [0, 0.1) is 5.82 Å². The molecule has 3 aromatic rings. The minimum Gasteiger partial charge on any atom is -0.366 e. The molecule has 2 aromatic carbocycles. The van der Waals surface area contributed by atoms with Crippen molar-refractivity contribution < 1.29 is 4.39 Å². The zero-order valence-corrected chi connectivity index (χ0v) is 16.6. The fourth-order valence-corrected chi connectivity index (χ4v) is 4.02. The second-order valence-electron chi connectivity index (χ2n) is 6.88. The van der Waals surface area contributed by atoms with Crippen LogP contribution in [0.3, 0.4) is 0 Å². The van der Waals surface area contributed by atoms with Crippen molar-refractivity contribution in [2.75, 3.05) is 24.2 Å². The smallest absolute Gasteiger partial charge is 0.295 e. The lowest BCUT2D eigenvalue weighted by molar-refractivity contribution is 0.574. The Hall–Kier alpha value is -2.60. The van der Waals surface area contributed by atoms with Crippen LogP contribution in [0.15, 0.2) is 64.4 Å². The average Bonchev–Trinajstić information content (AvgIpc) is 2.75. The molecule has 0 spiro atoms. The first kappa shape index (κ1) is 18.7. The van der Waals surface area contributed by atoms with Crippen molar-refractivity contribution in [3.05, 3.63) is 70.9 Å². The van der Waals surface area contributed by atoms with Crippen LogP contribution in [0.1, 0.15) is 19.3 Å². The molecule has 2 heterocycles. The average molecular weight is 396 g/mol. The highest BCUT2D eigenvalue weighted by Crippen LogP contribution is 2.30. The van der Waals surface area contributed by atoms with Crippen molar-refractivity contribution in [3.8, 4) is 16.8 Å². The first-order valence-corrected chi connectivity index (χ1v) is 10.7. The van der Waals surface area contributed by atoms with E-state index < -0.39 is 0 Å². The Balaban J connectivity index is 1.86. The molecule has 6 heteroatoms. The Morgan fingerprint density at radius 3 is 2.29 bits per heavy atom. The van der Waals surface area contributed by atoms with Crippen molar-refractivity contribution in [3.63, 3.8) is 0 Å². The van der Waals surface area contributed by atoms with Crippen molar-refractivity contribution in [2.45, 2.75) is 24.2 Å². The molecule has 1 saturated heterocycles. The maximum atomic E-state index is 13.4. The summed E-state index contributed by atoms with van der Waals surface area (Å²) in [5.74, 6) is -0.335. The summed E-state index contributed by atoms with van der Waals surface area (Å²) < 4.78 is 14.7. The summed E-state index contributed by atoms with van der Waals surface area (Å²) in [6.07, 6.45) is 7.13. The van der Waals surface area contributed by atoms with E-state index in [1.165, 1.54) is 28.1 Å². The fourth-order valence-electron chi connectivity index (χ4n) is 3.62. The molecule has 0 unspecified atom stereocenters. The van der Waals surface area contributed by atoms with Gasteiger partial charge in [0, 0.05) is 23.5 Å². The molecule has 1 aromatic heterocycles. The zero-order valence-electron chi connectivity index (χ0n) is 15.8. The molecule has 4 nitrogen and oxygen atoms in total. The minimum absolute atomic E-state index is 0.167. The monoisotopic (exact) mass is 395 g/mol. The molecule has 0 N–H and O–H groups in total. The predicted octanol–water partition coefficient (Wildman–Crippen LogP) is 4.75. The van der Waals surface area contributed by atoms with Crippen LogP contribution in [-0.4, -0.2) is 29.1 Å². The van der Waals surface area contributed by atoms with Gasteiger partial charge in [0.2, 0.25) is 0 Å². The van der Waals surface area contributed by atoms with E-state index in [1.54, 1.807) is 30.1 Å². The van der Waals surface area contributed by atoms with Gasteiger partial charge in [-0.05, 0) is 67.5 Å². The molecule has 4 rings (SSSR count). The number of anilines is 1. The van der Waals surface area contributed by atoms with Crippen LogP contribution in [0.4, 0.5) is 10.1 Å². The number of hydrogen-bond acceptors (Lipinski definition) is 4. The van der Waals surface area contributed by atoms with E-state index >= 15 is 0 Å². The molecule has 0 radical (unpaired) electrons. The van der Waals surface area contributed by atoms with Crippen LogP contribution >= 0.6 is 11.8 Å². The molecular formula is C22H22FN3OS. The normalized spacial score (nSPS) is 14.3. The van der Waals surface area contributed by atoms with Crippen molar-refractivity contribution in [1.29, 1.82) is 0 Å². The Morgan fingerprint density at radius 1 is 0.964 bits per heavy atom. The van der Waals surface area contributed by atoms with Crippen molar-refractivity contribution in [2.24, 2.45) is 0 Å². The van der Waals surface area contributed by atoms with Crippen LogP contribution in [0.5, 0.6) is 0 Å². The van der Waals surface area contributed by atoms with Gasteiger partial charge in [0.15, 0.2) is 0 Å². The second kappa shape index (κ2) is 8.19. The molecule has 0 saturated carbocycles. The molecule has 0 amide bonds. The summed E-state index contributed by atoms with van der Waals surface area (Å²) in [6, 6.07) is 14.1. The van der Waals surface area contributed by atoms with Gasteiger partial charge in [-0.1, -0.05) is 12.1 Å². The quantitative estimate of drug-likeness (QED) is 0.598. The minimum atomic E-state index is -0.335. The Morgan fingerprint density at radius 2 is 1.64 bits per heavy atom. The standard InChI is InChI=1S/C22H22FN3OS/c1-28-19-11-5-16(6-12-19)20-15-24-26(18-9-7-17(23)8-10-18)22(27)21(20)25-13-3-2-4-14-25/h5-12,15H,2-4,13-14H2,1H3. The number of rotatable bonds is 4. The summed E-state index contributed by atoms with van der Waals surface area (Å²) >= 11 is 1.69. The number of piperidine rings is 1. The van der Waals surface area contributed by atoms with Gasteiger partial charge in [0.25, 0.3) is 5.56 Å². The van der Waals surface area contributed by atoms with Gasteiger partial charge in [-0.3, -0.25) is 4.79 Å². The van der Waals surface area contributed by atoms with Gasteiger partial charge >= 0.3 is 0 Å². The lowest BCUT2D eigenvalue weighted by Crippen LogP contribution is -2.37. The van der Waals surface area contributed by atoms with Crippen LogP contribution in [0.2, 0.25) is 0 Å². The first-order valence-electron chi connectivity index (χ1n) is 9.45. The highest BCUT2D eigenvalue weighted by molar-refractivity contribution is 7.98. The number of nitrogens with zero attached hydrogens (tertiary/aromatic N) is 3. The van der Waals surface area contributed by atoms with Gasteiger partial charge in [-0.25, -0.2) is 4.39 Å². The summed E-state index contributed by atoms with van der Waals surface area (Å²) in [5, 5.41) is 4.40. The summed E-state index contributed by atoms with van der Waals surface area (Å²) in [7, 11) is 0. The van der Waals surface area contributed by atoms with Gasteiger partial charge in [-0.15, -0.1) is 11.8 Å². The Labute approximate surface area is 168 Å². The molecule has 1 aliphatic heterocycles. The van der Waals surface area contributed by atoms with E-state index in [2.05, 4.69) is 22.1 Å². The van der Waals surface area contributed by atoms with Crippen LogP contribution < -0.4 is 10.5 Å². The third-order valence-electron chi connectivity index (χ3n) is 5.10. The summed E-state index contributed by atoms with van der Waals surface area (Å²) in [5.41, 5.74) is 2.90. The largest absolute Gasteiger partial charge is 0.366 e. The predicted molar refractivity (Wildman–Crippen MR) is 113 cm³/mol. The molecular weight excluding hydrogens is 373 g/mol. The molecule has 1 aliphatic rings. The van der Waals surface area contributed by atoms with Gasteiger partial charge in [0.1, 0.15) is 11.5 Å². The SMILES string of the molecule is CSc1ccc(-c2cnn(-c3ccc(F)cc3)c(=O)c2N2CCCCC2)cc1. The number of thioether (sulfide) groups is 1. The van der Waals surface area contributed by atoms with Gasteiger partial charge < -0.3 is 4.90 Å². The maximum absolute atomic E-state index is 13.4. The van der Waals surface area contributed by atoms with E-state index in [-0.39, 0.29) is 11.4 Å². The number of hydrogen-bond donors (Lipinski definition) is 0. The Bertz CT molecular complexity index is 1010. The molecule has 0 bridgehead atoms. The van der Waals surface area contributed by atoms with Gasteiger partial charge in [-0.2, -0.15) is 9.78 Å². The van der Waals surface area contributed by atoms with Crippen LogP contribution in [-0.2, 0) is 0 Å². The lowest BCUT2D eigenvalue weighted by Gasteiger charge is -2.30. The third kappa shape index (κ3) is 3.69. The first-order chi connectivity index (χ1) is 13.7. The van der Waals surface area contributed by atoms with Crippen LogP contribution in [0.25, 0.3) is 16.8 Å². The van der Waals surface area contributed by atoms with E-state index in [4.69, 9.17) is 0 Å². The van der Waals surface area contributed by atoms with Gasteiger partial charge in [0.05, 0.1) is 11.9 Å². The summed E-state index contributed by atoms with van der Waals surface area (Å²) in [4.78, 5) is 16.8. The zero-order chi connectivity index (χ0) is 19.5. The van der Waals surface area contributed by atoms with E-state index in [0.717, 1.165) is 37.1 Å². The second-order valence-corrected chi connectivity index (χ2v) is 7.76. The molecule has 1 fully saturated rings. The summed E-state index contributed by atoms with van der Waals surface area (Å²) in [6.45, 7) is 1.72. The number of halogens is 1. The molecule has 0 aliphatic carbocycles. The maximum Gasteiger partial charge on any atom is 0.295 e. The van der Waals surface area contributed by atoms with E-state index in [9.17, 15) is 9.18 Å². The van der Waals surface area contributed by atoms with E-state index in [0.29, 0.717) is 11.4 Å². The van der Waals surface area contributed by atoms with Crippen molar-refractivity contribution >= 4 is 17.4 Å². The highest BCUT2D eigenvalue weighted by atomic mass is 32.2. The molecule has 28 heavy (non-hydrogen) atoms. The number of aromatic nitrogens is 2. The van der Waals surface area contributed by atoms with E-state index in [1.807, 2.05) is 18.4 Å². The highest BCUT2D eigenvalue weighted by Gasteiger charge is 2.21. The van der Waals surface area contributed by atoms with Crippen molar-refractivity contribution in [1.82, 2.24) is 9.78 Å². The molecule has 0 atom stereocenters. The Kier molecular flexibility index (Phi) is 5.48. The third-order valence-corrected chi connectivity index (χ3v) is 5.84. The fraction of sp³-hybridized carbons (Fsp3) is 0.273. The lowest BCUT2D eigenvalue weighted by atomic mass is 10.0. The topological polar surface area (TPSA) is 38.1 Å².